The number of amides is 2. The molecule has 1 fully saturated rings. The molecule has 0 spiro atoms. The van der Waals surface area contributed by atoms with Crippen molar-refractivity contribution >= 4 is 49.6 Å². The predicted molar refractivity (Wildman–Crippen MR) is 135 cm³/mol. The largest absolute Gasteiger partial charge is 0.458 e. The van der Waals surface area contributed by atoms with Crippen molar-refractivity contribution in [1.82, 2.24) is 9.62 Å². The summed E-state index contributed by atoms with van der Waals surface area (Å²) in [7, 11) is -4.36. The number of rotatable bonds is 4. The number of fused-ring (bicyclic) bond motifs is 1. The van der Waals surface area contributed by atoms with Crippen molar-refractivity contribution in [3.05, 3.63) is 28.2 Å². The number of sulfonamides is 1. The number of carbonyl (C=O) groups is 3. The van der Waals surface area contributed by atoms with E-state index < -0.39 is 50.0 Å². The van der Waals surface area contributed by atoms with Crippen LogP contribution in [0, 0.1) is 0 Å². The van der Waals surface area contributed by atoms with Crippen LogP contribution in [0.5, 0.6) is 0 Å². The van der Waals surface area contributed by atoms with Gasteiger partial charge < -0.3 is 19.5 Å². The highest BCUT2D eigenvalue weighted by Gasteiger charge is 2.65. The minimum atomic E-state index is -4.36. The molecule has 0 saturated carbocycles. The van der Waals surface area contributed by atoms with Gasteiger partial charge in [0.1, 0.15) is 16.5 Å². The number of alkyl carbamates (subject to hydrolysis) is 1. The van der Waals surface area contributed by atoms with Crippen LogP contribution < -0.4 is 10.6 Å². The van der Waals surface area contributed by atoms with Crippen molar-refractivity contribution in [1.29, 1.82) is 0 Å². The van der Waals surface area contributed by atoms with E-state index in [2.05, 4.69) is 26.6 Å². The zero-order valence-electron chi connectivity index (χ0n) is 21.1. The van der Waals surface area contributed by atoms with Gasteiger partial charge in [0.05, 0.1) is 13.2 Å². The number of halogens is 1. The van der Waals surface area contributed by atoms with Gasteiger partial charge in [-0.3, -0.25) is 10.1 Å². The number of anilines is 1. The SMILES string of the molecule is CC(C)(C)OC(=O)NC(=O)C1(C(=O)OC(C)(C)C)Nc2ccc(Br)cc2C1S(=O)(=O)N1CCOCC1. The first-order chi connectivity index (χ1) is 16.5. The maximum atomic E-state index is 14.1. The summed E-state index contributed by atoms with van der Waals surface area (Å²) in [5, 5.41) is 3.12. The Hall–Kier alpha value is -2.22. The summed E-state index contributed by atoms with van der Waals surface area (Å²) in [6.45, 7) is 10.00. The third kappa shape index (κ3) is 5.84. The van der Waals surface area contributed by atoms with Gasteiger partial charge in [-0.05, 0) is 65.3 Å². The van der Waals surface area contributed by atoms with E-state index in [1.807, 2.05) is 0 Å². The number of nitrogens with one attached hydrogen (secondary N) is 2. The van der Waals surface area contributed by atoms with Crippen molar-refractivity contribution < 1.29 is 37.0 Å². The average molecular weight is 590 g/mol. The van der Waals surface area contributed by atoms with Crippen molar-refractivity contribution in [2.75, 3.05) is 31.6 Å². The molecule has 200 valence electrons. The maximum Gasteiger partial charge on any atom is 0.414 e. The highest BCUT2D eigenvalue weighted by atomic mass is 79.9. The Bertz CT molecular complexity index is 1150. The number of hydrogen-bond donors (Lipinski definition) is 2. The second kappa shape index (κ2) is 9.92. The summed E-state index contributed by atoms with van der Waals surface area (Å²) in [5.41, 5.74) is -4.11. The first-order valence-electron chi connectivity index (χ1n) is 11.4. The van der Waals surface area contributed by atoms with Crippen LogP contribution >= 0.6 is 15.9 Å². The van der Waals surface area contributed by atoms with Gasteiger partial charge in [0.25, 0.3) is 5.91 Å². The molecule has 2 aliphatic heterocycles. The molecule has 13 heteroatoms. The van der Waals surface area contributed by atoms with Gasteiger partial charge in [0.2, 0.25) is 15.6 Å². The lowest BCUT2D eigenvalue weighted by molar-refractivity contribution is -0.163. The van der Waals surface area contributed by atoms with E-state index in [-0.39, 0.29) is 37.6 Å². The Morgan fingerprint density at radius 1 is 1.08 bits per heavy atom. The second-order valence-electron chi connectivity index (χ2n) is 10.6. The van der Waals surface area contributed by atoms with Crippen molar-refractivity contribution in [3.63, 3.8) is 0 Å². The van der Waals surface area contributed by atoms with Crippen LogP contribution in [0.4, 0.5) is 10.5 Å². The molecule has 0 radical (unpaired) electrons. The van der Waals surface area contributed by atoms with Crippen LogP contribution in [0.1, 0.15) is 52.4 Å². The van der Waals surface area contributed by atoms with Gasteiger partial charge in [0.15, 0.2) is 0 Å². The average Bonchev–Trinajstić information content (AvgIpc) is 3.08. The number of hydrogen-bond acceptors (Lipinski definition) is 9. The van der Waals surface area contributed by atoms with E-state index in [0.29, 0.717) is 4.47 Å². The molecule has 3 rings (SSSR count). The predicted octanol–water partition coefficient (Wildman–Crippen LogP) is 2.71. The number of esters is 1. The van der Waals surface area contributed by atoms with Crippen LogP contribution in [0.3, 0.4) is 0 Å². The van der Waals surface area contributed by atoms with Gasteiger partial charge in [0, 0.05) is 23.2 Å². The summed E-state index contributed by atoms with van der Waals surface area (Å²) in [5.74, 6) is -2.36. The maximum absolute atomic E-state index is 14.1. The van der Waals surface area contributed by atoms with Crippen LogP contribution in [0.2, 0.25) is 0 Å². The molecule has 1 aromatic rings. The van der Waals surface area contributed by atoms with Crippen LogP contribution in [-0.2, 0) is 33.8 Å². The van der Waals surface area contributed by atoms with Gasteiger partial charge >= 0.3 is 12.1 Å². The normalized spacial score (nSPS) is 22.8. The zero-order valence-corrected chi connectivity index (χ0v) is 23.5. The molecule has 0 aromatic heterocycles. The molecule has 2 heterocycles. The first-order valence-corrected chi connectivity index (χ1v) is 13.7. The monoisotopic (exact) mass is 589 g/mol. The fourth-order valence-corrected chi connectivity index (χ4v) is 6.55. The molecular weight excluding hydrogens is 558 g/mol. The standard InChI is InChI=1S/C23H32BrN3O8S/c1-21(2,3)34-19(29)23(18(28)25-20(30)35-22(4,5)6)17(15-13-14(24)7-8-16(15)26-23)36(31,32)27-9-11-33-12-10-27/h7-8,13,17,26H,9-12H2,1-6H3,(H,25,28,30). The molecule has 2 atom stereocenters. The Morgan fingerprint density at radius 3 is 2.22 bits per heavy atom. The molecule has 0 bridgehead atoms. The minimum Gasteiger partial charge on any atom is -0.458 e. The summed E-state index contributed by atoms with van der Waals surface area (Å²) in [4.78, 5) is 40.1. The third-order valence-corrected chi connectivity index (χ3v) is 8.12. The number of imide groups is 1. The lowest BCUT2D eigenvalue weighted by atomic mass is 9.92. The fraction of sp³-hybridized carbons (Fsp3) is 0.609. The number of benzene rings is 1. The summed E-state index contributed by atoms with van der Waals surface area (Å²) in [6.07, 6.45) is -1.13. The molecule has 36 heavy (non-hydrogen) atoms. The number of morpholine rings is 1. The summed E-state index contributed by atoms with van der Waals surface area (Å²) < 4.78 is 45.9. The molecule has 11 nitrogen and oxygen atoms in total. The van der Waals surface area contributed by atoms with Gasteiger partial charge in [-0.25, -0.2) is 18.0 Å². The molecule has 0 aliphatic carbocycles. The van der Waals surface area contributed by atoms with Crippen LogP contribution in [-0.4, -0.2) is 73.7 Å². The van der Waals surface area contributed by atoms with E-state index in [9.17, 15) is 22.8 Å². The smallest absolute Gasteiger partial charge is 0.414 e. The lowest BCUT2D eigenvalue weighted by Gasteiger charge is -2.37. The minimum absolute atomic E-state index is 0.0419. The molecule has 2 N–H and O–H groups in total. The molecule has 2 unspecified atom stereocenters. The Balaban J connectivity index is 2.20. The number of nitrogens with zero attached hydrogens (tertiary/aromatic N) is 1. The Kier molecular flexibility index (Phi) is 7.81. The number of carbonyl (C=O) groups excluding carboxylic acids is 3. The van der Waals surface area contributed by atoms with Gasteiger partial charge in [-0.15, -0.1) is 0 Å². The van der Waals surface area contributed by atoms with E-state index in [1.54, 1.807) is 53.7 Å². The summed E-state index contributed by atoms with van der Waals surface area (Å²) >= 11 is 3.34. The van der Waals surface area contributed by atoms with Crippen molar-refractivity contribution in [2.45, 2.75) is 63.5 Å². The lowest BCUT2D eigenvalue weighted by Crippen LogP contribution is -2.64. The Morgan fingerprint density at radius 2 is 1.67 bits per heavy atom. The Labute approximate surface area is 219 Å². The molecule has 1 saturated heterocycles. The fourth-order valence-electron chi connectivity index (χ4n) is 3.99. The highest BCUT2D eigenvalue weighted by Crippen LogP contribution is 2.49. The summed E-state index contributed by atoms with van der Waals surface area (Å²) in [6, 6.07) is 4.72. The third-order valence-electron chi connectivity index (χ3n) is 5.34. The van der Waals surface area contributed by atoms with Gasteiger partial charge in [-0.2, -0.15) is 4.31 Å². The second-order valence-corrected chi connectivity index (χ2v) is 13.5. The van der Waals surface area contributed by atoms with Gasteiger partial charge in [-0.1, -0.05) is 15.9 Å². The molecule has 1 aromatic carbocycles. The van der Waals surface area contributed by atoms with Crippen LogP contribution in [0.25, 0.3) is 0 Å². The van der Waals surface area contributed by atoms with E-state index in [0.717, 1.165) is 0 Å². The van der Waals surface area contributed by atoms with Crippen molar-refractivity contribution in [2.24, 2.45) is 0 Å². The van der Waals surface area contributed by atoms with E-state index in [1.165, 1.54) is 10.4 Å². The van der Waals surface area contributed by atoms with E-state index in [4.69, 9.17) is 14.2 Å². The molecular formula is C23H32BrN3O8S. The molecule has 2 aliphatic rings. The zero-order chi connectivity index (χ0) is 27.1. The van der Waals surface area contributed by atoms with E-state index >= 15 is 0 Å². The number of ether oxygens (including phenoxy) is 3. The van der Waals surface area contributed by atoms with Crippen LogP contribution in [0.15, 0.2) is 22.7 Å². The quantitative estimate of drug-likeness (QED) is 0.400. The highest BCUT2D eigenvalue weighted by molar-refractivity contribution is 9.10. The first kappa shape index (κ1) is 28.4. The van der Waals surface area contributed by atoms with Crippen molar-refractivity contribution in [3.8, 4) is 0 Å². The molecule has 2 amide bonds. The topological polar surface area (TPSA) is 140 Å².